The first-order valence-electron chi connectivity index (χ1n) is 8.82. The summed E-state index contributed by atoms with van der Waals surface area (Å²) in [6.07, 6.45) is 0.368. The van der Waals surface area contributed by atoms with Crippen LogP contribution in [0.3, 0.4) is 0 Å². The lowest BCUT2D eigenvalue weighted by Gasteiger charge is -2.24. The third kappa shape index (κ3) is 3.71. The van der Waals surface area contributed by atoms with Gasteiger partial charge in [0.15, 0.2) is 11.5 Å². The molecule has 0 radical (unpaired) electrons. The molecule has 1 unspecified atom stereocenters. The fourth-order valence-electron chi connectivity index (χ4n) is 3.40. The molecule has 0 fully saturated rings. The van der Waals surface area contributed by atoms with Crippen molar-refractivity contribution in [3.63, 3.8) is 0 Å². The number of nitrogens with zero attached hydrogens (tertiary/aromatic N) is 3. The minimum Gasteiger partial charge on any atom is -0.493 e. The van der Waals surface area contributed by atoms with E-state index in [-0.39, 0.29) is 11.6 Å². The van der Waals surface area contributed by atoms with Gasteiger partial charge in [-0.15, -0.1) is 0 Å². The van der Waals surface area contributed by atoms with E-state index in [1.165, 1.54) is 45.4 Å². The smallest absolute Gasteiger partial charge is 0.270 e. The number of methoxy groups -OCH3 is 3. The second-order valence-electron chi connectivity index (χ2n) is 6.36. The van der Waals surface area contributed by atoms with Crippen molar-refractivity contribution in [2.45, 2.75) is 19.4 Å². The van der Waals surface area contributed by atoms with Gasteiger partial charge in [0, 0.05) is 36.6 Å². The van der Waals surface area contributed by atoms with Gasteiger partial charge in [-0.2, -0.15) is 5.10 Å². The number of carbonyl (C=O) groups is 1. The van der Waals surface area contributed by atoms with Crippen LogP contribution in [0.4, 0.5) is 5.69 Å². The lowest BCUT2D eigenvalue weighted by atomic mass is 9.97. The number of non-ortho nitro benzene ring substituents is 1. The molecule has 0 N–H and O–H groups in total. The van der Waals surface area contributed by atoms with E-state index in [1.807, 2.05) is 0 Å². The molecule has 29 heavy (non-hydrogen) atoms. The van der Waals surface area contributed by atoms with Crippen LogP contribution in [0.1, 0.15) is 30.5 Å². The Bertz CT molecular complexity index is 988. The molecule has 0 bridgehead atoms. The molecule has 2 aromatic rings. The van der Waals surface area contributed by atoms with E-state index < -0.39 is 11.0 Å². The summed E-state index contributed by atoms with van der Waals surface area (Å²) in [5, 5.41) is 16.9. The highest BCUT2D eigenvalue weighted by Gasteiger charge is 2.35. The van der Waals surface area contributed by atoms with Crippen LogP contribution < -0.4 is 14.2 Å². The second kappa shape index (κ2) is 8.17. The van der Waals surface area contributed by atoms with E-state index in [9.17, 15) is 14.9 Å². The summed E-state index contributed by atoms with van der Waals surface area (Å²) in [6, 6.07) is 9.28. The summed E-state index contributed by atoms with van der Waals surface area (Å²) in [4.78, 5) is 22.9. The molecule has 1 aliphatic heterocycles. The number of hydrogen-bond acceptors (Lipinski definition) is 7. The number of amides is 1. The molecule has 0 saturated carbocycles. The molecule has 3 rings (SSSR count). The third-order valence-corrected chi connectivity index (χ3v) is 4.72. The van der Waals surface area contributed by atoms with Crippen molar-refractivity contribution in [2.24, 2.45) is 5.10 Å². The normalized spacial score (nSPS) is 15.7. The van der Waals surface area contributed by atoms with Crippen molar-refractivity contribution in [1.82, 2.24) is 5.01 Å². The quantitative estimate of drug-likeness (QED) is 0.545. The Morgan fingerprint density at radius 3 is 2.45 bits per heavy atom. The van der Waals surface area contributed by atoms with E-state index in [0.717, 1.165) is 0 Å². The van der Waals surface area contributed by atoms with Crippen LogP contribution in [-0.2, 0) is 4.79 Å². The molecule has 9 heteroatoms. The van der Waals surface area contributed by atoms with Crippen LogP contribution >= 0.6 is 0 Å². The Morgan fingerprint density at radius 1 is 1.14 bits per heavy atom. The zero-order chi connectivity index (χ0) is 21.1. The van der Waals surface area contributed by atoms with Crippen LogP contribution in [0.15, 0.2) is 41.5 Å². The zero-order valence-corrected chi connectivity index (χ0v) is 16.5. The van der Waals surface area contributed by atoms with E-state index in [0.29, 0.717) is 40.5 Å². The maximum absolute atomic E-state index is 12.3. The Labute approximate surface area is 167 Å². The van der Waals surface area contributed by atoms with Gasteiger partial charge in [-0.05, 0) is 12.1 Å². The van der Waals surface area contributed by atoms with Crippen molar-refractivity contribution in [1.29, 1.82) is 0 Å². The number of hydrazone groups is 1. The summed E-state index contributed by atoms with van der Waals surface area (Å²) in [5.41, 5.74) is 1.83. The number of ether oxygens (including phenoxy) is 3. The van der Waals surface area contributed by atoms with Gasteiger partial charge in [-0.25, -0.2) is 5.01 Å². The van der Waals surface area contributed by atoms with E-state index >= 15 is 0 Å². The maximum Gasteiger partial charge on any atom is 0.270 e. The molecule has 1 atom stereocenters. The summed E-state index contributed by atoms with van der Waals surface area (Å²) in [6.45, 7) is 1.42. The monoisotopic (exact) mass is 399 g/mol. The summed E-state index contributed by atoms with van der Waals surface area (Å²) in [5.74, 6) is 1.10. The molecule has 9 nitrogen and oxygen atoms in total. The SMILES string of the molecule is COc1ccc(C2CC(c3cccc([N+](=O)[O-])c3)=NN2C(C)=O)c(OC)c1OC. The van der Waals surface area contributed by atoms with Gasteiger partial charge < -0.3 is 14.2 Å². The van der Waals surface area contributed by atoms with Crippen LogP contribution in [0.2, 0.25) is 0 Å². The van der Waals surface area contributed by atoms with Crippen molar-refractivity contribution in [2.75, 3.05) is 21.3 Å². The lowest BCUT2D eigenvalue weighted by Crippen LogP contribution is -2.24. The predicted molar refractivity (Wildman–Crippen MR) is 106 cm³/mol. The predicted octanol–water partition coefficient (Wildman–Crippen LogP) is 3.32. The van der Waals surface area contributed by atoms with Gasteiger partial charge in [0.05, 0.1) is 38.0 Å². The van der Waals surface area contributed by atoms with E-state index in [1.54, 1.807) is 24.3 Å². The Hall–Kier alpha value is -3.62. The zero-order valence-electron chi connectivity index (χ0n) is 16.5. The molecular formula is C20H21N3O6. The fourth-order valence-corrected chi connectivity index (χ4v) is 3.40. The Balaban J connectivity index is 2.05. The molecule has 0 saturated heterocycles. The number of rotatable bonds is 6. The van der Waals surface area contributed by atoms with Gasteiger partial charge in [0.1, 0.15) is 0 Å². The van der Waals surface area contributed by atoms with Gasteiger partial charge in [0.2, 0.25) is 11.7 Å². The highest BCUT2D eigenvalue weighted by atomic mass is 16.6. The van der Waals surface area contributed by atoms with Crippen LogP contribution in [0.25, 0.3) is 0 Å². The van der Waals surface area contributed by atoms with Gasteiger partial charge in [-0.1, -0.05) is 12.1 Å². The van der Waals surface area contributed by atoms with Gasteiger partial charge >= 0.3 is 0 Å². The van der Waals surface area contributed by atoms with Crippen LogP contribution in [-0.4, -0.2) is 42.9 Å². The highest BCUT2D eigenvalue weighted by molar-refractivity contribution is 6.03. The van der Waals surface area contributed by atoms with E-state index in [4.69, 9.17) is 14.2 Å². The van der Waals surface area contributed by atoms with Crippen molar-refractivity contribution in [3.8, 4) is 17.2 Å². The average molecular weight is 399 g/mol. The molecule has 0 aromatic heterocycles. The summed E-state index contributed by atoms with van der Waals surface area (Å²) < 4.78 is 16.3. The van der Waals surface area contributed by atoms with Gasteiger partial charge in [-0.3, -0.25) is 14.9 Å². The summed E-state index contributed by atoms with van der Waals surface area (Å²) in [7, 11) is 4.54. The van der Waals surface area contributed by atoms with Crippen molar-refractivity contribution < 1.29 is 23.9 Å². The van der Waals surface area contributed by atoms with Crippen molar-refractivity contribution in [3.05, 3.63) is 57.6 Å². The number of benzene rings is 2. The Morgan fingerprint density at radius 2 is 1.86 bits per heavy atom. The third-order valence-electron chi connectivity index (χ3n) is 4.72. The highest BCUT2D eigenvalue weighted by Crippen LogP contribution is 2.46. The molecule has 1 amide bonds. The second-order valence-corrected chi connectivity index (χ2v) is 6.36. The minimum absolute atomic E-state index is 0.0354. The largest absolute Gasteiger partial charge is 0.493 e. The molecule has 0 aliphatic carbocycles. The average Bonchev–Trinajstić information content (AvgIpc) is 3.18. The first kappa shape index (κ1) is 20.1. The minimum atomic E-state index is -0.462. The molecular weight excluding hydrogens is 378 g/mol. The van der Waals surface area contributed by atoms with Gasteiger partial charge in [0.25, 0.3) is 5.69 Å². The molecule has 152 valence electrons. The number of nitro groups is 1. The molecule has 0 spiro atoms. The number of nitro benzene ring substituents is 1. The van der Waals surface area contributed by atoms with Crippen molar-refractivity contribution >= 4 is 17.3 Å². The Kier molecular flexibility index (Phi) is 5.67. The molecule has 1 aliphatic rings. The van der Waals surface area contributed by atoms with E-state index in [2.05, 4.69) is 5.10 Å². The standard InChI is InChI=1S/C20H21N3O6/c1-12(24)22-17(15-8-9-18(27-2)20(29-4)19(15)28-3)11-16(21-22)13-6-5-7-14(10-13)23(25)26/h5-10,17H,11H2,1-4H3. The first-order valence-corrected chi connectivity index (χ1v) is 8.82. The number of carbonyl (C=O) groups excluding carboxylic acids is 1. The fraction of sp³-hybridized carbons (Fsp3) is 0.300. The maximum atomic E-state index is 12.3. The number of hydrogen-bond donors (Lipinski definition) is 0. The molecule has 1 heterocycles. The summed E-state index contributed by atoms with van der Waals surface area (Å²) >= 11 is 0. The van der Waals surface area contributed by atoms with Crippen LogP contribution in [0.5, 0.6) is 17.2 Å². The first-order chi connectivity index (χ1) is 13.9. The lowest BCUT2D eigenvalue weighted by molar-refractivity contribution is -0.384. The van der Waals surface area contributed by atoms with Crippen LogP contribution in [0, 0.1) is 10.1 Å². The molecule has 2 aromatic carbocycles. The topological polar surface area (TPSA) is 104 Å².